The highest BCUT2D eigenvalue weighted by molar-refractivity contribution is 5.85. The molecule has 2 aliphatic rings. The molecule has 2 atom stereocenters. The molecule has 2 heterocycles. The fraction of sp³-hybridized carbons (Fsp3) is 0.909. The molecule has 1 N–H and O–H groups in total. The van der Waals surface area contributed by atoms with Gasteiger partial charge in [-0.1, -0.05) is 0 Å². The molecule has 2 fully saturated rings. The quantitative estimate of drug-likeness (QED) is 0.741. The topological polar surface area (TPSA) is 41.6 Å². The zero-order chi connectivity index (χ0) is 10.7. The SMILES string of the molecule is CC1CN(C(=O)C2CCNC2)CCCO1.Cl. The van der Waals surface area contributed by atoms with Crippen molar-refractivity contribution in [3.05, 3.63) is 0 Å². The molecule has 4 nitrogen and oxygen atoms in total. The summed E-state index contributed by atoms with van der Waals surface area (Å²) in [6.07, 6.45) is 2.15. The highest BCUT2D eigenvalue weighted by Crippen LogP contribution is 2.14. The van der Waals surface area contributed by atoms with Gasteiger partial charge in [0.25, 0.3) is 0 Å². The number of hydrogen-bond acceptors (Lipinski definition) is 3. The monoisotopic (exact) mass is 248 g/mol. The van der Waals surface area contributed by atoms with Gasteiger partial charge in [0.05, 0.1) is 12.0 Å². The van der Waals surface area contributed by atoms with Gasteiger partial charge in [0.2, 0.25) is 5.91 Å². The van der Waals surface area contributed by atoms with Crippen molar-refractivity contribution in [1.82, 2.24) is 10.2 Å². The average Bonchev–Trinajstić information content (AvgIpc) is 2.67. The number of ether oxygens (including phenoxy) is 1. The van der Waals surface area contributed by atoms with Gasteiger partial charge in [-0.05, 0) is 26.3 Å². The van der Waals surface area contributed by atoms with Crippen LogP contribution in [0.25, 0.3) is 0 Å². The van der Waals surface area contributed by atoms with E-state index in [-0.39, 0.29) is 24.4 Å². The Kier molecular flexibility index (Phi) is 5.52. The van der Waals surface area contributed by atoms with Crippen LogP contribution in [0.5, 0.6) is 0 Å². The van der Waals surface area contributed by atoms with Crippen LogP contribution in [0.2, 0.25) is 0 Å². The third kappa shape index (κ3) is 3.34. The standard InChI is InChI=1S/C11H20N2O2.ClH/c1-9-8-13(5-2-6-15-9)11(14)10-3-4-12-7-10;/h9-10,12H,2-8H2,1H3;1H. The molecule has 0 aromatic heterocycles. The second-order valence-corrected chi connectivity index (χ2v) is 4.51. The van der Waals surface area contributed by atoms with E-state index in [0.717, 1.165) is 45.6 Å². The number of halogens is 1. The Hall–Kier alpha value is -0.320. The number of nitrogens with one attached hydrogen (secondary N) is 1. The van der Waals surface area contributed by atoms with Crippen LogP contribution in [0.4, 0.5) is 0 Å². The molecule has 2 saturated heterocycles. The molecule has 0 aromatic carbocycles. The molecule has 0 aliphatic carbocycles. The van der Waals surface area contributed by atoms with Crippen LogP contribution < -0.4 is 5.32 Å². The Morgan fingerprint density at radius 1 is 1.50 bits per heavy atom. The summed E-state index contributed by atoms with van der Waals surface area (Å²) in [4.78, 5) is 14.1. The van der Waals surface area contributed by atoms with Gasteiger partial charge in [-0.15, -0.1) is 12.4 Å². The summed E-state index contributed by atoms with van der Waals surface area (Å²) in [5.41, 5.74) is 0. The van der Waals surface area contributed by atoms with E-state index in [4.69, 9.17) is 4.74 Å². The third-order valence-electron chi connectivity index (χ3n) is 3.17. The van der Waals surface area contributed by atoms with Gasteiger partial charge >= 0.3 is 0 Å². The molecule has 0 spiro atoms. The van der Waals surface area contributed by atoms with E-state index in [2.05, 4.69) is 5.32 Å². The molecule has 0 aromatic rings. The van der Waals surface area contributed by atoms with Crippen LogP contribution in [-0.2, 0) is 9.53 Å². The summed E-state index contributed by atoms with van der Waals surface area (Å²) < 4.78 is 5.54. The Balaban J connectivity index is 0.00000128. The Labute approximate surface area is 103 Å². The zero-order valence-corrected chi connectivity index (χ0v) is 10.6. The Morgan fingerprint density at radius 2 is 2.31 bits per heavy atom. The highest BCUT2D eigenvalue weighted by Gasteiger charge is 2.28. The summed E-state index contributed by atoms with van der Waals surface area (Å²) in [6, 6.07) is 0. The first-order valence-electron chi connectivity index (χ1n) is 5.88. The lowest BCUT2D eigenvalue weighted by molar-refractivity contribution is -0.135. The van der Waals surface area contributed by atoms with Crippen molar-refractivity contribution < 1.29 is 9.53 Å². The number of rotatable bonds is 1. The van der Waals surface area contributed by atoms with E-state index >= 15 is 0 Å². The van der Waals surface area contributed by atoms with Gasteiger partial charge in [-0.25, -0.2) is 0 Å². The third-order valence-corrected chi connectivity index (χ3v) is 3.17. The smallest absolute Gasteiger partial charge is 0.227 e. The molecule has 0 radical (unpaired) electrons. The predicted molar refractivity (Wildman–Crippen MR) is 64.8 cm³/mol. The molecule has 1 amide bonds. The van der Waals surface area contributed by atoms with Gasteiger partial charge in [0.1, 0.15) is 0 Å². The number of nitrogens with zero attached hydrogens (tertiary/aromatic N) is 1. The van der Waals surface area contributed by atoms with Gasteiger partial charge in [0, 0.05) is 26.2 Å². The lowest BCUT2D eigenvalue weighted by atomic mass is 10.1. The molecule has 5 heteroatoms. The van der Waals surface area contributed by atoms with Crippen molar-refractivity contribution in [2.24, 2.45) is 5.92 Å². The van der Waals surface area contributed by atoms with E-state index in [1.54, 1.807) is 0 Å². The largest absolute Gasteiger partial charge is 0.377 e. The Bertz CT molecular complexity index is 232. The molecule has 0 saturated carbocycles. The van der Waals surface area contributed by atoms with E-state index in [9.17, 15) is 4.79 Å². The van der Waals surface area contributed by atoms with Gasteiger partial charge in [-0.3, -0.25) is 4.79 Å². The second-order valence-electron chi connectivity index (χ2n) is 4.51. The number of carbonyl (C=O) groups is 1. The van der Waals surface area contributed by atoms with Crippen molar-refractivity contribution in [2.75, 3.05) is 32.8 Å². The molecule has 2 aliphatic heterocycles. The number of amides is 1. The maximum Gasteiger partial charge on any atom is 0.227 e. The summed E-state index contributed by atoms with van der Waals surface area (Å²) in [7, 11) is 0. The summed E-state index contributed by atoms with van der Waals surface area (Å²) in [6.45, 7) is 6.28. The van der Waals surface area contributed by atoms with Crippen molar-refractivity contribution in [1.29, 1.82) is 0 Å². The highest BCUT2D eigenvalue weighted by atomic mass is 35.5. The minimum atomic E-state index is 0. The molecule has 0 bridgehead atoms. The van der Waals surface area contributed by atoms with Crippen LogP contribution in [0.15, 0.2) is 0 Å². The van der Waals surface area contributed by atoms with E-state index in [1.807, 2.05) is 11.8 Å². The lowest BCUT2D eigenvalue weighted by Crippen LogP contribution is -2.40. The zero-order valence-electron chi connectivity index (χ0n) is 9.78. The van der Waals surface area contributed by atoms with Gasteiger partial charge in [-0.2, -0.15) is 0 Å². The summed E-state index contributed by atoms with van der Waals surface area (Å²) in [5, 5.41) is 3.24. The van der Waals surface area contributed by atoms with Crippen molar-refractivity contribution in [3.63, 3.8) is 0 Å². The average molecular weight is 249 g/mol. The van der Waals surface area contributed by atoms with E-state index in [0.29, 0.717) is 5.91 Å². The van der Waals surface area contributed by atoms with Gasteiger partial charge < -0.3 is 15.0 Å². The van der Waals surface area contributed by atoms with Crippen LogP contribution >= 0.6 is 12.4 Å². The van der Waals surface area contributed by atoms with Crippen molar-refractivity contribution >= 4 is 18.3 Å². The van der Waals surface area contributed by atoms with Crippen LogP contribution in [-0.4, -0.2) is 49.7 Å². The first-order valence-corrected chi connectivity index (χ1v) is 5.88. The first-order chi connectivity index (χ1) is 7.27. The van der Waals surface area contributed by atoms with Crippen LogP contribution in [0.1, 0.15) is 19.8 Å². The molecule has 94 valence electrons. The number of hydrogen-bond donors (Lipinski definition) is 1. The maximum absolute atomic E-state index is 12.1. The molecule has 2 unspecified atom stereocenters. The fourth-order valence-electron chi connectivity index (χ4n) is 2.32. The molecular formula is C11H21ClN2O2. The predicted octanol–water partition coefficient (Wildman–Crippen LogP) is 0.655. The maximum atomic E-state index is 12.1. The lowest BCUT2D eigenvalue weighted by Gasteiger charge is -2.24. The molecule has 16 heavy (non-hydrogen) atoms. The normalized spacial score (nSPS) is 30.7. The first kappa shape index (κ1) is 13.7. The summed E-state index contributed by atoms with van der Waals surface area (Å²) >= 11 is 0. The molecular weight excluding hydrogens is 228 g/mol. The van der Waals surface area contributed by atoms with Crippen LogP contribution in [0.3, 0.4) is 0 Å². The minimum Gasteiger partial charge on any atom is -0.377 e. The van der Waals surface area contributed by atoms with E-state index < -0.39 is 0 Å². The van der Waals surface area contributed by atoms with Crippen molar-refractivity contribution in [2.45, 2.75) is 25.9 Å². The van der Waals surface area contributed by atoms with Crippen molar-refractivity contribution in [3.8, 4) is 0 Å². The Morgan fingerprint density at radius 3 is 3.00 bits per heavy atom. The minimum absolute atomic E-state index is 0. The second kappa shape index (κ2) is 6.42. The van der Waals surface area contributed by atoms with E-state index in [1.165, 1.54) is 0 Å². The summed E-state index contributed by atoms with van der Waals surface area (Å²) in [5.74, 6) is 0.521. The van der Waals surface area contributed by atoms with Gasteiger partial charge in [0.15, 0.2) is 0 Å². The van der Waals surface area contributed by atoms with Crippen LogP contribution in [0, 0.1) is 5.92 Å². The number of carbonyl (C=O) groups excluding carboxylic acids is 1. The fourth-order valence-corrected chi connectivity index (χ4v) is 2.32. The molecule has 2 rings (SSSR count).